The van der Waals surface area contributed by atoms with Crippen molar-refractivity contribution in [3.63, 3.8) is 0 Å². The molecule has 0 fully saturated rings. The number of nitrogens with zero attached hydrogens (tertiary/aromatic N) is 6. The van der Waals surface area contributed by atoms with Crippen LogP contribution in [0.1, 0.15) is 0 Å². The molecular weight excluding hydrogens is 278 g/mol. The molecular formula is C10H7N9O2. The Kier molecular flexibility index (Phi) is 2.03. The lowest BCUT2D eigenvalue weighted by Gasteiger charge is -2.10. The fourth-order valence-electron chi connectivity index (χ4n) is 2.11. The first-order valence-corrected chi connectivity index (χ1v) is 5.80. The highest BCUT2D eigenvalue weighted by atomic mass is 16.1. The monoisotopic (exact) mass is 285 g/mol. The van der Waals surface area contributed by atoms with E-state index in [4.69, 9.17) is 5.73 Å². The molecule has 0 aliphatic rings. The van der Waals surface area contributed by atoms with E-state index in [0.29, 0.717) is 0 Å². The molecule has 4 rings (SSSR count). The molecule has 0 aromatic carbocycles. The van der Waals surface area contributed by atoms with Crippen molar-refractivity contribution in [3.8, 4) is 0 Å². The third-order valence-corrected chi connectivity index (χ3v) is 3.00. The summed E-state index contributed by atoms with van der Waals surface area (Å²) in [5.41, 5.74) is 5.75. The quantitative estimate of drug-likeness (QED) is 0.382. The number of nitrogens with two attached hydrogens (primary N) is 1. The Labute approximate surface area is 114 Å². The minimum absolute atomic E-state index is 0.0963. The summed E-state index contributed by atoms with van der Waals surface area (Å²) in [6.07, 6.45) is 3.95. The lowest BCUT2D eigenvalue weighted by molar-refractivity contribution is 0.685. The molecule has 0 aliphatic heterocycles. The van der Waals surface area contributed by atoms with Gasteiger partial charge in [0.2, 0.25) is 5.95 Å². The molecule has 0 amide bonds. The van der Waals surface area contributed by atoms with Gasteiger partial charge in [-0.05, 0) is 0 Å². The number of hydrogen-bond acceptors (Lipinski definition) is 7. The predicted molar refractivity (Wildman–Crippen MR) is 71.5 cm³/mol. The van der Waals surface area contributed by atoms with E-state index in [1.165, 1.54) is 28.3 Å². The zero-order valence-electron chi connectivity index (χ0n) is 10.3. The van der Waals surface area contributed by atoms with Crippen LogP contribution in [-0.4, -0.2) is 39.3 Å². The number of aromatic amines is 2. The number of anilines is 1. The molecule has 0 aliphatic carbocycles. The first-order chi connectivity index (χ1) is 10.2. The summed E-state index contributed by atoms with van der Waals surface area (Å²) in [6, 6.07) is 0. The minimum atomic E-state index is -0.522. The van der Waals surface area contributed by atoms with Crippen molar-refractivity contribution in [3.05, 3.63) is 39.7 Å². The second-order valence-corrected chi connectivity index (χ2v) is 4.18. The summed E-state index contributed by atoms with van der Waals surface area (Å²) >= 11 is 0. The fraction of sp³-hybridized carbons (Fsp3) is 0. The minimum Gasteiger partial charge on any atom is -0.368 e. The molecule has 0 saturated heterocycles. The molecule has 104 valence electrons. The topological polar surface area (TPSA) is 153 Å². The van der Waals surface area contributed by atoms with Crippen LogP contribution in [0, 0.1) is 0 Å². The van der Waals surface area contributed by atoms with Gasteiger partial charge in [-0.2, -0.15) is 9.66 Å². The Morgan fingerprint density at radius 3 is 2.67 bits per heavy atom. The van der Waals surface area contributed by atoms with E-state index in [1.54, 1.807) is 0 Å². The van der Waals surface area contributed by atoms with E-state index in [9.17, 15) is 9.59 Å². The third-order valence-electron chi connectivity index (χ3n) is 3.00. The number of imidazole rings is 2. The van der Waals surface area contributed by atoms with Crippen molar-refractivity contribution in [1.82, 2.24) is 39.3 Å². The van der Waals surface area contributed by atoms with Gasteiger partial charge >= 0.3 is 5.56 Å². The molecule has 0 bridgehead atoms. The van der Waals surface area contributed by atoms with E-state index in [0.717, 1.165) is 0 Å². The van der Waals surface area contributed by atoms with Crippen molar-refractivity contribution < 1.29 is 0 Å². The Morgan fingerprint density at radius 1 is 1.05 bits per heavy atom. The van der Waals surface area contributed by atoms with E-state index in [2.05, 4.69) is 29.9 Å². The maximum atomic E-state index is 11.7. The molecule has 11 heteroatoms. The third kappa shape index (κ3) is 1.42. The molecule has 0 radical (unpaired) electrons. The van der Waals surface area contributed by atoms with Crippen LogP contribution in [0.2, 0.25) is 0 Å². The molecule has 11 nitrogen and oxygen atoms in total. The van der Waals surface area contributed by atoms with Crippen molar-refractivity contribution in [2.45, 2.75) is 0 Å². The maximum Gasteiger partial charge on any atom is 0.300 e. The summed E-state index contributed by atoms with van der Waals surface area (Å²) < 4.78 is 2.74. The van der Waals surface area contributed by atoms with Crippen molar-refractivity contribution >= 4 is 28.3 Å². The van der Waals surface area contributed by atoms with E-state index in [-0.39, 0.29) is 33.8 Å². The molecule has 4 aromatic heterocycles. The van der Waals surface area contributed by atoms with E-state index < -0.39 is 5.56 Å². The van der Waals surface area contributed by atoms with Gasteiger partial charge in [0.05, 0.1) is 12.7 Å². The van der Waals surface area contributed by atoms with Gasteiger partial charge in [0, 0.05) is 0 Å². The van der Waals surface area contributed by atoms with Crippen LogP contribution in [0.5, 0.6) is 0 Å². The number of nitrogen functional groups attached to an aromatic ring is 1. The number of H-pyrrole nitrogens is 2. The van der Waals surface area contributed by atoms with Crippen molar-refractivity contribution in [2.24, 2.45) is 0 Å². The number of hydrogen-bond donors (Lipinski definition) is 3. The van der Waals surface area contributed by atoms with Crippen LogP contribution in [-0.2, 0) is 0 Å². The molecule has 4 aromatic rings. The zero-order chi connectivity index (χ0) is 14.6. The Bertz CT molecular complexity index is 1100. The average Bonchev–Trinajstić information content (AvgIpc) is 3.07. The predicted octanol–water partition coefficient (Wildman–Crippen LogP) is -1.55. The Morgan fingerprint density at radius 2 is 1.81 bits per heavy atom. The average molecular weight is 285 g/mol. The van der Waals surface area contributed by atoms with E-state index in [1.807, 2.05) is 0 Å². The number of nitrogens with one attached hydrogen (secondary N) is 2. The van der Waals surface area contributed by atoms with Crippen LogP contribution in [0.15, 0.2) is 28.6 Å². The Balaban J connectivity index is 2.19. The molecule has 0 saturated carbocycles. The standard InChI is InChI=1S/C10H7N9O2/c11-10-17-9(21)5-7(14-1-12-5)19(10)18-3-16-4-6(18)13-2-15-8(4)20/h1-3H,(H,12,14)(H2,11,17,21)(H,13,15,20). The van der Waals surface area contributed by atoms with Crippen LogP contribution in [0.3, 0.4) is 0 Å². The highest BCUT2D eigenvalue weighted by Crippen LogP contribution is 2.12. The largest absolute Gasteiger partial charge is 0.368 e. The number of aromatic nitrogens is 8. The SMILES string of the molecule is Nc1nc(=O)c2[nH]cnc2n1-n1cnc2c(=O)[nH]cnc21. The molecule has 4 N–H and O–H groups in total. The van der Waals surface area contributed by atoms with Gasteiger partial charge in [0.1, 0.15) is 6.33 Å². The lowest BCUT2D eigenvalue weighted by atomic mass is 10.5. The summed E-state index contributed by atoms with van der Waals surface area (Å²) in [7, 11) is 0. The van der Waals surface area contributed by atoms with Crippen LogP contribution in [0.4, 0.5) is 5.95 Å². The van der Waals surface area contributed by atoms with Gasteiger partial charge in [-0.3, -0.25) is 9.59 Å². The van der Waals surface area contributed by atoms with Gasteiger partial charge in [-0.1, -0.05) is 0 Å². The van der Waals surface area contributed by atoms with Crippen LogP contribution < -0.4 is 16.9 Å². The first kappa shape index (κ1) is 11.3. The molecule has 0 spiro atoms. The number of rotatable bonds is 1. The van der Waals surface area contributed by atoms with Gasteiger partial charge in [-0.25, -0.2) is 19.6 Å². The fourth-order valence-corrected chi connectivity index (χ4v) is 2.11. The Hall–Kier alpha value is -3.50. The molecule has 21 heavy (non-hydrogen) atoms. The summed E-state index contributed by atoms with van der Waals surface area (Å²) in [6.45, 7) is 0. The number of fused-ring (bicyclic) bond motifs is 2. The smallest absolute Gasteiger partial charge is 0.300 e. The van der Waals surface area contributed by atoms with E-state index >= 15 is 0 Å². The molecule has 4 heterocycles. The zero-order valence-corrected chi connectivity index (χ0v) is 10.3. The van der Waals surface area contributed by atoms with Gasteiger partial charge in [0.25, 0.3) is 5.56 Å². The van der Waals surface area contributed by atoms with Crippen molar-refractivity contribution in [2.75, 3.05) is 5.73 Å². The normalized spacial score (nSPS) is 11.4. The maximum absolute atomic E-state index is 11.7. The van der Waals surface area contributed by atoms with Gasteiger partial charge in [0.15, 0.2) is 22.3 Å². The van der Waals surface area contributed by atoms with Crippen molar-refractivity contribution in [1.29, 1.82) is 0 Å². The second kappa shape index (κ2) is 3.75. The highest BCUT2D eigenvalue weighted by Gasteiger charge is 2.16. The first-order valence-electron chi connectivity index (χ1n) is 5.80. The highest BCUT2D eigenvalue weighted by molar-refractivity contribution is 5.73. The van der Waals surface area contributed by atoms with Crippen LogP contribution in [0.25, 0.3) is 22.3 Å². The molecule has 0 atom stereocenters. The van der Waals surface area contributed by atoms with Gasteiger partial charge < -0.3 is 15.7 Å². The lowest BCUT2D eigenvalue weighted by Crippen LogP contribution is -2.22. The molecule has 0 unspecified atom stereocenters. The van der Waals surface area contributed by atoms with Crippen LogP contribution >= 0.6 is 0 Å². The summed E-state index contributed by atoms with van der Waals surface area (Å²) in [5, 5.41) is 0. The van der Waals surface area contributed by atoms with Gasteiger partial charge in [-0.15, -0.1) is 0 Å². The summed E-state index contributed by atoms with van der Waals surface area (Å²) in [4.78, 5) is 44.3. The summed E-state index contributed by atoms with van der Waals surface area (Å²) in [5.74, 6) is -0.0963. The second-order valence-electron chi connectivity index (χ2n) is 4.18.